The third-order valence-corrected chi connectivity index (χ3v) is 7.23. The van der Waals surface area contributed by atoms with Gasteiger partial charge in [0, 0.05) is 11.8 Å². The normalized spacial score (nSPS) is 18.4. The highest BCUT2D eigenvalue weighted by Crippen LogP contribution is 2.31. The van der Waals surface area contributed by atoms with Gasteiger partial charge >= 0.3 is 5.97 Å². The molecule has 2 aromatic rings. The Kier molecular flexibility index (Phi) is 8.34. The van der Waals surface area contributed by atoms with E-state index in [0.29, 0.717) is 35.6 Å². The molecule has 2 atom stereocenters. The third kappa shape index (κ3) is 6.30. The maximum atomic E-state index is 12.7. The summed E-state index contributed by atoms with van der Waals surface area (Å²) in [5.41, 5.74) is 1.55. The summed E-state index contributed by atoms with van der Waals surface area (Å²) >= 11 is 0. The monoisotopic (exact) mass is 503 g/mol. The van der Waals surface area contributed by atoms with Crippen LogP contribution in [-0.2, 0) is 19.6 Å². The Balaban J connectivity index is 1.68. The molecule has 0 spiro atoms. The first-order valence-corrected chi connectivity index (χ1v) is 12.6. The molecule has 1 aliphatic rings. The molecule has 10 nitrogen and oxygen atoms in total. The second-order valence-corrected chi connectivity index (χ2v) is 9.84. The van der Waals surface area contributed by atoms with Gasteiger partial charge in [-0.2, -0.15) is 18.4 Å². The van der Waals surface area contributed by atoms with Crippen LogP contribution in [0.1, 0.15) is 38.2 Å². The number of sulfonamides is 1. The largest absolute Gasteiger partial charge is 0.497 e. The van der Waals surface area contributed by atoms with E-state index in [4.69, 9.17) is 9.47 Å². The lowest BCUT2D eigenvalue weighted by Gasteiger charge is -2.27. The van der Waals surface area contributed by atoms with Crippen LogP contribution in [0, 0.1) is 11.8 Å². The molecular formula is C24H29N3O7S. The van der Waals surface area contributed by atoms with Crippen LogP contribution in [-0.4, -0.2) is 45.3 Å². The number of anilines is 1. The van der Waals surface area contributed by atoms with Gasteiger partial charge in [-0.15, -0.1) is 0 Å². The van der Waals surface area contributed by atoms with Crippen LogP contribution in [0.4, 0.5) is 5.69 Å². The fraction of sp³-hybridized carbons (Fsp3) is 0.375. The van der Waals surface area contributed by atoms with Gasteiger partial charge in [-0.1, -0.05) is 25.0 Å². The summed E-state index contributed by atoms with van der Waals surface area (Å²) in [5.74, 6) is -1.91. The molecule has 1 aliphatic carbocycles. The van der Waals surface area contributed by atoms with E-state index in [0.717, 1.165) is 12.8 Å². The molecule has 3 N–H and O–H groups in total. The summed E-state index contributed by atoms with van der Waals surface area (Å²) in [6.07, 6.45) is 2.68. The molecule has 0 saturated heterocycles. The minimum Gasteiger partial charge on any atom is -0.497 e. The number of amides is 1. The highest BCUT2D eigenvalue weighted by molar-refractivity contribution is 7.89. The number of hydrogen-bond acceptors (Lipinski definition) is 7. The van der Waals surface area contributed by atoms with Gasteiger partial charge in [0.25, 0.3) is 10.0 Å². The lowest BCUT2D eigenvalue weighted by Crippen LogP contribution is -2.36. The average Bonchev–Trinajstić information content (AvgIpc) is 2.87. The van der Waals surface area contributed by atoms with Crippen molar-refractivity contribution in [2.45, 2.75) is 37.5 Å². The van der Waals surface area contributed by atoms with Crippen molar-refractivity contribution in [3.63, 3.8) is 0 Å². The van der Waals surface area contributed by atoms with Gasteiger partial charge in [0.2, 0.25) is 5.91 Å². The van der Waals surface area contributed by atoms with E-state index < -0.39 is 27.8 Å². The van der Waals surface area contributed by atoms with E-state index in [-0.39, 0.29) is 16.6 Å². The number of carboxylic acids is 1. The number of rotatable bonds is 9. The number of nitrogens with one attached hydrogen (secondary N) is 2. The van der Waals surface area contributed by atoms with Crippen molar-refractivity contribution in [2.75, 3.05) is 19.5 Å². The van der Waals surface area contributed by atoms with Crippen LogP contribution < -0.4 is 19.6 Å². The number of carbonyl (C=O) groups is 2. The standard InChI is InChI=1S/C24H29N3O7S/c1-15(26-27-35(31,32)22-13-12-18(33-2)14-21(22)34-3)16-8-10-17(11-9-16)25-23(28)19-6-4-5-7-20(19)24(29)30/h8-14,19-20,27H,4-7H2,1-3H3,(H,25,28)(H,29,30)/b26-15+/t19-,20+/m1/s1. The zero-order chi connectivity index (χ0) is 25.6. The van der Waals surface area contributed by atoms with Gasteiger partial charge in [-0.05, 0) is 49.6 Å². The van der Waals surface area contributed by atoms with Crippen LogP contribution >= 0.6 is 0 Å². The quantitative estimate of drug-likeness (QED) is 0.352. The van der Waals surface area contributed by atoms with E-state index in [2.05, 4.69) is 15.2 Å². The first kappa shape index (κ1) is 26.0. The molecule has 2 aromatic carbocycles. The van der Waals surface area contributed by atoms with Crippen molar-refractivity contribution >= 4 is 33.3 Å². The topological polar surface area (TPSA) is 143 Å². The Hall–Kier alpha value is -3.60. The highest BCUT2D eigenvalue weighted by atomic mass is 32.2. The number of nitrogens with zero attached hydrogens (tertiary/aromatic N) is 1. The zero-order valence-electron chi connectivity index (χ0n) is 19.8. The Morgan fingerprint density at radius 3 is 2.26 bits per heavy atom. The number of aliphatic carboxylic acids is 1. The summed E-state index contributed by atoms with van der Waals surface area (Å²) < 4.78 is 35.7. The number of carbonyl (C=O) groups excluding carboxylic acids is 1. The molecule has 35 heavy (non-hydrogen) atoms. The first-order valence-electron chi connectivity index (χ1n) is 11.1. The molecule has 1 saturated carbocycles. The fourth-order valence-corrected chi connectivity index (χ4v) is 5.02. The summed E-state index contributed by atoms with van der Waals surface area (Å²) in [4.78, 5) is 26.2. The molecule has 1 fully saturated rings. The molecule has 0 heterocycles. The smallest absolute Gasteiger partial charge is 0.307 e. The summed E-state index contributed by atoms with van der Waals surface area (Å²) in [5, 5.41) is 16.2. The molecule has 0 radical (unpaired) electrons. The molecule has 0 aromatic heterocycles. The van der Waals surface area contributed by atoms with Crippen LogP contribution in [0.3, 0.4) is 0 Å². The van der Waals surface area contributed by atoms with Crippen molar-refractivity contribution in [3.05, 3.63) is 48.0 Å². The molecule has 3 rings (SSSR count). The van der Waals surface area contributed by atoms with Crippen molar-refractivity contribution in [3.8, 4) is 11.5 Å². The van der Waals surface area contributed by atoms with Crippen LogP contribution in [0.5, 0.6) is 11.5 Å². The van der Waals surface area contributed by atoms with Crippen LogP contribution in [0.2, 0.25) is 0 Å². The van der Waals surface area contributed by atoms with Crippen molar-refractivity contribution < 1.29 is 32.6 Å². The Morgan fingerprint density at radius 2 is 1.66 bits per heavy atom. The Morgan fingerprint density at radius 1 is 1.00 bits per heavy atom. The molecule has 0 bridgehead atoms. The van der Waals surface area contributed by atoms with E-state index in [1.165, 1.54) is 32.4 Å². The average molecular weight is 504 g/mol. The molecule has 0 aliphatic heterocycles. The van der Waals surface area contributed by atoms with E-state index in [9.17, 15) is 23.1 Å². The number of hydrogen-bond donors (Lipinski definition) is 3. The minimum absolute atomic E-state index is 0.0854. The van der Waals surface area contributed by atoms with Crippen LogP contribution in [0.15, 0.2) is 52.5 Å². The Bertz CT molecular complexity index is 1210. The van der Waals surface area contributed by atoms with Gasteiger partial charge in [-0.3, -0.25) is 9.59 Å². The molecule has 1 amide bonds. The summed E-state index contributed by atoms with van der Waals surface area (Å²) in [6.45, 7) is 1.64. The van der Waals surface area contributed by atoms with Crippen LogP contribution in [0.25, 0.3) is 0 Å². The van der Waals surface area contributed by atoms with E-state index >= 15 is 0 Å². The van der Waals surface area contributed by atoms with Gasteiger partial charge in [0.1, 0.15) is 16.4 Å². The zero-order valence-corrected chi connectivity index (χ0v) is 20.6. The summed E-state index contributed by atoms with van der Waals surface area (Å²) in [6, 6.07) is 11.0. The predicted octanol–water partition coefficient (Wildman–Crippen LogP) is 3.24. The number of hydrazone groups is 1. The predicted molar refractivity (Wildman–Crippen MR) is 130 cm³/mol. The number of methoxy groups -OCH3 is 2. The second-order valence-electron chi connectivity index (χ2n) is 8.21. The first-order chi connectivity index (χ1) is 16.7. The number of ether oxygens (including phenoxy) is 2. The van der Waals surface area contributed by atoms with Gasteiger partial charge in [-0.25, -0.2) is 0 Å². The Labute approximate surface area is 204 Å². The SMILES string of the molecule is COc1ccc(S(=O)(=O)N/N=C(\C)c2ccc(NC(=O)[C@@H]3CCCC[C@@H]3C(=O)O)cc2)c(OC)c1. The van der Waals surface area contributed by atoms with Gasteiger partial charge < -0.3 is 19.9 Å². The van der Waals surface area contributed by atoms with Gasteiger partial charge in [0.15, 0.2) is 0 Å². The molecule has 11 heteroatoms. The number of carboxylic acid groups (broad SMARTS) is 1. The maximum absolute atomic E-state index is 12.7. The second kappa shape index (κ2) is 11.2. The highest BCUT2D eigenvalue weighted by Gasteiger charge is 2.35. The lowest BCUT2D eigenvalue weighted by atomic mass is 9.78. The maximum Gasteiger partial charge on any atom is 0.307 e. The van der Waals surface area contributed by atoms with E-state index in [1.54, 1.807) is 31.2 Å². The van der Waals surface area contributed by atoms with Crippen molar-refractivity contribution in [1.29, 1.82) is 0 Å². The fourth-order valence-electron chi connectivity index (χ4n) is 4.01. The molecular weight excluding hydrogens is 474 g/mol. The molecule has 188 valence electrons. The third-order valence-electron chi connectivity index (χ3n) is 5.98. The van der Waals surface area contributed by atoms with Gasteiger partial charge in [0.05, 0.1) is 31.8 Å². The van der Waals surface area contributed by atoms with E-state index in [1.807, 2.05) is 0 Å². The number of benzene rings is 2. The van der Waals surface area contributed by atoms with Crippen molar-refractivity contribution in [1.82, 2.24) is 4.83 Å². The molecule has 0 unspecified atom stereocenters. The van der Waals surface area contributed by atoms with Crippen molar-refractivity contribution in [2.24, 2.45) is 16.9 Å². The lowest BCUT2D eigenvalue weighted by molar-refractivity contribution is -0.147. The minimum atomic E-state index is -4.00. The summed E-state index contributed by atoms with van der Waals surface area (Å²) in [7, 11) is -1.18.